The first-order valence-electron chi connectivity index (χ1n) is 16.6. The van der Waals surface area contributed by atoms with Gasteiger partial charge < -0.3 is 9.32 Å². The Bertz CT molecular complexity index is 2830. The normalized spacial score (nSPS) is 11.7. The van der Waals surface area contributed by atoms with Crippen LogP contribution in [0.5, 0.6) is 0 Å². The topological polar surface area (TPSA) is 16.4 Å². The lowest BCUT2D eigenvalue weighted by atomic mass is 9.94. The molecule has 0 saturated heterocycles. The zero-order chi connectivity index (χ0) is 32.3. The van der Waals surface area contributed by atoms with Crippen molar-refractivity contribution in [2.75, 3.05) is 4.90 Å². The molecule has 2 aromatic heterocycles. The molecule has 0 amide bonds. The Morgan fingerprint density at radius 2 is 1.00 bits per heavy atom. The first kappa shape index (κ1) is 27.9. The van der Waals surface area contributed by atoms with E-state index in [1.54, 1.807) is 0 Å². The van der Waals surface area contributed by atoms with Crippen molar-refractivity contribution in [1.82, 2.24) is 0 Å². The maximum atomic E-state index is 6.41. The van der Waals surface area contributed by atoms with Gasteiger partial charge in [0.15, 0.2) is 0 Å². The van der Waals surface area contributed by atoms with Crippen molar-refractivity contribution >= 4 is 81.3 Å². The largest absolute Gasteiger partial charge is 0.456 e. The molecule has 0 atom stereocenters. The van der Waals surface area contributed by atoms with Crippen molar-refractivity contribution < 1.29 is 4.42 Å². The Morgan fingerprint density at radius 3 is 1.84 bits per heavy atom. The number of anilines is 3. The molecule has 2 heterocycles. The van der Waals surface area contributed by atoms with Crippen LogP contribution >= 0.6 is 11.3 Å². The summed E-state index contributed by atoms with van der Waals surface area (Å²) in [5.74, 6) is 0. The highest BCUT2D eigenvalue weighted by molar-refractivity contribution is 7.27. The van der Waals surface area contributed by atoms with E-state index in [0.29, 0.717) is 0 Å². The van der Waals surface area contributed by atoms with E-state index in [1.165, 1.54) is 53.2 Å². The molecule has 0 aliphatic rings. The van der Waals surface area contributed by atoms with E-state index in [-0.39, 0.29) is 0 Å². The van der Waals surface area contributed by atoms with Gasteiger partial charge in [0.25, 0.3) is 0 Å². The van der Waals surface area contributed by atoms with Gasteiger partial charge >= 0.3 is 0 Å². The van der Waals surface area contributed by atoms with Crippen LogP contribution < -0.4 is 4.90 Å². The summed E-state index contributed by atoms with van der Waals surface area (Å²) in [6.07, 6.45) is 0. The number of rotatable bonds is 5. The molecule has 2 nitrogen and oxygen atoms in total. The van der Waals surface area contributed by atoms with Gasteiger partial charge in [0.1, 0.15) is 11.2 Å². The van der Waals surface area contributed by atoms with Crippen LogP contribution in [0.3, 0.4) is 0 Å². The van der Waals surface area contributed by atoms with E-state index in [2.05, 4.69) is 175 Å². The first-order valence-corrected chi connectivity index (χ1v) is 17.4. The highest BCUT2D eigenvalue weighted by Crippen LogP contribution is 2.49. The van der Waals surface area contributed by atoms with E-state index in [0.717, 1.165) is 39.0 Å². The molecule has 0 aliphatic heterocycles. The van der Waals surface area contributed by atoms with Crippen LogP contribution in [0, 0.1) is 0 Å². The lowest BCUT2D eigenvalue weighted by Gasteiger charge is -2.27. The molecule has 0 radical (unpaired) electrons. The second kappa shape index (κ2) is 11.2. The predicted molar refractivity (Wildman–Crippen MR) is 210 cm³/mol. The molecule has 10 aromatic rings. The molecule has 0 N–H and O–H groups in total. The minimum Gasteiger partial charge on any atom is -0.456 e. The van der Waals surface area contributed by atoms with E-state index < -0.39 is 0 Å². The molecule has 230 valence electrons. The molecule has 10 rings (SSSR count). The Balaban J connectivity index is 1.22. The van der Waals surface area contributed by atoms with E-state index in [1.807, 2.05) is 17.4 Å². The maximum absolute atomic E-state index is 6.41. The second-order valence-electron chi connectivity index (χ2n) is 12.5. The first-order chi connectivity index (χ1) is 24.3. The lowest BCUT2D eigenvalue weighted by Crippen LogP contribution is -2.10. The van der Waals surface area contributed by atoms with Gasteiger partial charge in [-0.1, -0.05) is 140 Å². The monoisotopic (exact) mass is 643 g/mol. The molecule has 0 saturated carbocycles. The minimum absolute atomic E-state index is 0.881. The van der Waals surface area contributed by atoms with Crippen LogP contribution in [0.1, 0.15) is 0 Å². The van der Waals surface area contributed by atoms with Crippen molar-refractivity contribution in [3.05, 3.63) is 176 Å². The Kier molecular flexibility index (Phi) is 6.39. The minimum atomic E-state index is 0.881. The standard InChI is InChI=1S/C46H29NOS/c1-2-12-30(13-3-1)34-15-6-7-16-35(34)32-24-27-33(28-25-32)47(40-20-11-23-43-44(40)39-18-8-9-22-42(39)48-43)41-21-10-19-37-38-29-26-31-14-4-5-17-36(31)45(38)49-46(37)41/h1-29H. The summed E-state index contributed by atoms with van der Waals surface area (Å²) >= 11 is 1.88. The second-order valence-corrected chi connectivity index (χ2v) is 13.5. The van der Waals surface area contributed by atoms with Gasteiger partial charge in [-0.05, 0) is 69.4 Å². The predicted octanol–water partition coefficient (Wildman–Crippen LogP) is 13.9. The molecule has 3 heteroatoms. The number of para-hydroxylation sites is 1. The summed E-state index contributed by atoms with van der Waals surface area (Å²) in [6, 6.07) is 63.1. The fourth-order valence-corrected chi connectivity index (χ4v) is 8.77. The van der Waals surface area contributed by atoms with Gasteiger partial charge in [0.05, 0.1) is 21.5 Å². The lowest BCUT2D eigenvalue weighted by molar-refractivity contribution is 0.669. The average molecular weight is 644 g/mol. The van der Waals surface area contributed by atoms with Crippen LogP contribution in [0.2, 0.25) is 0 Å². The van der Waals surface area contributed by atoms with E-state index in [4.69, 9.17) is 4.42 Å². The molecular weight excluding hydrogens is 615 g/mol. The third-order valence-corrected chi connectivity index (χ3v) is 11.0. The Morgan fingerprint density at radius 1 is 0.388 bits per heavy atom. The summed E-state index contributed by atoms with van der Waals surface area (Å²) in [4.78, 5) is 2.43. The molecule has 0 bridgehead atoms. The number of fused-ring (bicyclic) bond motifs is 8. The summed E-state index contributed by atoms with van der Waals surface area (Å²) in [7, 11) is 0. The Labute approximate surface area is 287 Å². The number of benzene rings is 8. The van der Waals surface area contributed by atoms with Crippen molar-refractivity contribution in [1.29, 1.82) is 0 Å². The number of furan rings is 1. The van der Waals surface area contributed by atoms with Crippen LogP contribution in [0.25, 0.3) is 75.1 Å². The zero-order valence-electron chi connectivity index (χ0n) is 26.5. The van der Waals surface area contributed by atoms with Crippen LogP contribution in [0.15, 0.2) is 180 Å². The molecule has 0 aliphatic carbocycles. The molecule has 0 fully saturated rings. The van der Waals surface area contributed by atoms with Crippen LogP contribution in [-0.4, -0.2) is 0 Å². The third kappa shape index (κ3) is 4.47. The van der Waals surface area contributed by atoms with Gasteiger partial charge in [-0.25, -0.2) is 0 Å². The summed E-state index contributed by atoms with van der Waals surface area (Å²) < 4.78 is 8.99. The molecule has 0 unspecified atom stereocenters. The van der Waals surface area contributed by atoms with Crippen molar-refractivity contribution in [3.8, 4) is 22.3 Å². The van der Waals surface area contributed by atoms with E-state index in [9.17, 15) is 0 Å². The van der Waals surface area contributed by atoms with Gasteiger partial charge in [-0.3, -0.25) is 0 Å². The maximum Gasteiger partial charge on any atom is 0.137 e. The van der Waals surface area contributed by atoms with Gasteiger partial charge in [-0.15, -0.1) is 11.3 Å². The average Bonchev–Trinajstić information content (AvgIpc) is 3.75. The van der Waals surface area contributed by atoms with Gasteiger partial charge in [-0.2, -0.15) is 0 Å². The number of nitrogens with zero attached hydrogens (tertiary/aromatic N) is 1. The number of hydrogen-bond acceptors (Lipinski definition) is 3. The van der Waals surface area contributed by atoms with Crippen molar-refractivity contribution in [3.63, 3.8) is 0 Å². The van der Waals surface area contributed by atoms with Crippen molar-refractivity contribution in [2.24, 2.45) is 0 Å². The number of thiophene rings is 1. The van der Waals surface area contributed by atoms with Gasteiger partial charge in [0.2, 0.25) is 0 Å². The summed E-state index contributed by atoms with van der Waals surface area (Å²) in [5, 5.41) is 7.34. The molecule has 49 heavy (non-hydrogen) atoms. The summed E-state index contributed by atoms with van der Waals surface area (Å²) in [6.45, 7) is 0. The fraction of sp³-hybridized carbons (Fsp3) is 0. The quantitative estimate of drug-likeness (QED) is 0.186. The van der Waals surface area contributed by atoms with Crippen LogP contribution in [-0.2, 0) is 0 Å². The molecular formula is C46H29NOS. The Hall–Kier alpha value is -6.16. The van der Waals surface area contributed by atoms with Crippen molar-refractivity contribution in [2.45, 2.75) is 0 Å². The molecule has 8 aromatic carbocycles. The smallest absolute Gasteiger partial charge is 0.137 e. The molecule has 0 spiro atoms. The van der Waals surface area contributed by atoms with Gasteiger partial charge in [0, 0.05) is 26.5 Å². The highest BCUT2D eigenvalue weighted by atomic mass is 32.1. The fourth-order valence-electron chi connectivity index (χ4n) is 7.43. The number of hydrogen-bond donors (Lipinski definition) is 0. The zero-order valence-corrected chi connectivity index (χ0v) is 27.3. The third-order valence-electron chi connectivity index (χ3n) is 9.68. The SMILES string of the molecule is c1ccc(-c2ccccc2-c2ccc(N(c3cccc4c3sc3c5ccccc5ccc43)c3cccc4oc5ccccc5c34)cc2)cc1. The highest BCUT2D eigenvalue weighted by Gasteiger charge is 2.23. The van der Waals surface area contributed by atoms with Crippen LogP contribution in [0.4, 0.5) is 17.1 Å². The summed E-state index contributed by atoms with van der Waals surface area (Å²) in [5.41, 5.74) is 9.95. The van der Waals surface area contributed by atoms with E-state index >= 15 is 0 Å².